The second kappa shape index (κ2) is 4.15. The van der Waals surface area contributed by atoms with Gasteiger partial charge in [0.2, 0.25) is 7.37 Å². The molecule has 1 heterocycles. The van der Waals surface area contributed by atoms with Crippen molar-refractivity contribution in [3.63, 3.8) is 0 Å². The minimum Gasteiger partial charge on any atom is -0.324 e. The van der Waals surface area contributed by atoms with Gasteiger partial charge in [-0.3, -0.25) is 18.0 Å². The molecular weight excluding hydrogens is 300 g/mol. The Morgan fingerprint density at radius 1 is 1.25 bits per heavy atom. The summed E-state index contributed by atoms with van der Waals surface area (Å²) in [6, 6.07) is 0. The highest BCUT2D eigenvalue weighted by Crippen LogP contribution is 2.79. The molecule has 3 unspecified atom stereocenters. The molecule has 1 saturated heterocycles. The molecule has 0 bridgehead atoms. The molecule has 1 rings (SSSR count). The summed E-state index contributed by atoms with van der Waals surface area (Å²) in [7, 11) is -16.0. The maximum atomic E-state index is 12.0. The van der Waals surface area contributed by atoms with Crippen molar-refractivity contribution in [2.45, 2.75) is 0 Å². The van der Waals surface area contributed by atoms with E-state index in [9.17, 15) is 23.2 Å². The van der Waals surface area contributed by atoms with Crippen molar-refractivity contribution < 1.29 is 37.3 Å². The fraction of sp³-hybridized carbons (Fsp3) is 1.00. The maximum Gasteiger partial charge on any atom is 0.341 e. The van der Waals surface area contributed by atoms with Gasteiger partial charge in [-0.2, -0.15) is 0 Å². The van der Waals surface area contributed by atoms with Crippen LogP contribution in [0.15, 0.2) is 0 Å². The lowest BCUT2D eigenvalue weighted by Crippen LogP contribution is -2.09. The minimum atomic E-state index is -4.58. The van der Waals surface area contributed by atoms with Crippen molar-refractivity contribution in [3.8, 4) is 0 Å². The minimum absolute atomic E-state index is 0.546. The molecule has 0 aromatic heterocycles. The first kappa shape index (κ1) is 14.8. The Hall–Kier alpha value is 0.760. The number of hydrogen-bond acceptors (Lipinski definition) is 5. The van der Waals surface area contributed by atoms with Gasteiger partial charge < -0.3 is 19.2 Å². The van der Waals surface area contributed by atoms with Gasteiger partial charge in [0.25, 0.3) is 0 Å². The first-order valence-corrected chi connectivity index (χ1v) is 12.1. The lowest BCUT2D eigenvalue weighted by atomic mass is 11.8. The Kier molecular flexibility index (Phi) is 3.84. The van der Waals surface area contributed by atoms with Crippen molar-refractivity contribution in [3.05, 3.63) is 0 Å². The third-order valence-corrected chi connectivity index (χ3v) is 15.2. The van der Waals surface area contributed by atoms with Gasteiger partial charge in [-0.1, -0.05) is 0 Å². The van der Waals surface area contributed by atoms with Crippen LogP contribution in [0.5, 0.6) is 0 Å². The quantitative estimate of drug-likeness (QED) is 0.652. The summed E-state index contributed by atoms with van der Waals surface area (Å²) in [5.41, 5.74) is 0. The van der Waals surface area contributed by atoms with E-state index in [0.29, 0.717) is 0 Å². The second-order valence-corrected chi connectivity index (χ2v) is 14.7. The Balaban J connectivity index is 3.07. The van der Waals surface area contributed by atoms with E-state index < -0.39 is 47.4 Å². The molecule has 3 atom stereocenters. The molecule has 1 aliphatic heterocycles. The van der Waals surface area contributed by atoms with Crippen LogP contribution in [0.2, 0.25) is 0 Å². The van der Waals surface area contributed by atoms with Crippen molar-refractivity contribution in [2.24, 2.45) is 0 Å². The fourth-order valence-electron chi connectivity index (χ4n) is 1.59. The van der Waals surface area contributed by atoms with Gasteiger partial charge in [0.1, 0.15) is 18.9 Å². The molecule has 16 heavy (non-hydrogen) atoms. The molecule has 0 aromatic rings. The molecular formula is C4H12O8P4. The summed E-state index contributed by atoms with van der Waals surface area (Å²) in [5, 5.41) is 0. The molecule has 3 N–H and O–H groups in total. The van der Waals surface area contributed by atoms with Gasteiger partial charge in [-0.15, -0.1) is 0 Å². The summed E-state index contributed by atoms with van der Waals surface area (Å²) in [6.07, 6.45) is 0. The summed E-state index contributed by atoms with van der Waals surface area (Å²) in [6.45, 7) is 1.03. The zero-order valence-corrected chi connectivity index (χ0v) is 11.9. The average molecular weight is 312 g/mol. The largest absolute Gasteiger partial charge is 0.341 e. The van der Waals surface area contributed by atoms with Crippen LogP contribution in [-0.4, -0.2) is 39.1 Å². The molecule has 0 aliphatic carbocycles. The predicted molar refractivity (Wildman–Crippen MR) is 58.7 cm³/mol. The SMILES string of the molecule is CP1(=O)CP(=O)(CP(=O)(O)O)CP(=O)(O)O1. The summed E-state index contributed by atoms with van der Waals surface area (Å²) in [4.78, 5) is 26.6. The van der Waals surface area contributed by atoms with Crippen LogP contribution in [0.25, 0.3) is 0 Å². The lowest BCUT2D eigenvalue weighted by Gasteiger charge is -2.30. The van der Waals surface area contributed by atoms with E-state index >= 15 is 0 Å². The summed E-state index contributed by atoms with van der Waals surface area (Å²) < 4.78 is 50.0. The van der Waals surface area contributed by atoms with E-state index in [1.165, 1.54) is 0 Å². The predicted octanol–water partition coefficient (Wildman–Crippen LogP) is 1.52. The monoisotopic (exact) mass is 312 g/mol. The first-order valence-electron chi connectivity index (χ1n) is 4.04. The molecule has 0 spiro atoms. The van der Waals surface area contributed by atoms with Crippen LogP contribution < -0.4 is 0 Å². The molecule has 1 aliphatic rings. The van der Waals surface area contributed by atoms with Gasteiger partial charge in [0, 0.05) is 6.66 Å². The zero-order chi connectivity index (χ0) is 12.8. The Labute approximate surface area is 91.9 Å². The van der Waals surface area contributed by atoms with Gasteiger partial charge >= 0.3 is 15.2 Å². The third-order valence-electron chi connectivity index (χ3n) is 1.69. The van der Waals surface area contributed by atoms with Crippen LogP contribution in [0.3, 0.4) is 0 Å². The van der Waals surface area contributed by atoms with Crippen LogP contribution >= 0.6 is 29.7 Å². The second-order valence-electron chi connectivity index (χ2n) is 3.88. The maximum absolute atomic E-state index is 12.0. The van der Waals surface area contributed by atoms with Crippen LogP contribution in [0.1, 0.15) is 0 Å². The highest BCUT2D eigenvalue weighted by atomic mass is 31.3. The Bertz CT molecular complexity index is 438. The molecule has 0 saturated carbocycles. The van der Waals surface area contributed by atoms with Crippen LogP contribution in [-0.2, 0) is 22.6 Å². The van der Waals surface area contributed by atoms with E-state index in [1.807, 2.05) is 0 Å². The molecule has 0 aromatic carbocycles. The first-order chi connectivity index (χ1) is 6.83. The average Bonchev–Trinajstić information content (AvgIpc) is 1.66. The zero-order valence-electron chi connectivity index (χ0n) is 8.29. The van der Waals surface area contributed by atoms with Gasteiger partial charge in [0.05, 0.1) is 5.90 Å². The Morgan fingerprint density at radius 3 is 2.12 bits per heavy atom. The normalized spacial score (nSPS) is 45.5. The summed E-state index contributed by atoms with van der Waals surface area (Å²) in [5.74, 6) is -2.38. The standard InChI is InChI=1S/C4H12O8P4/c1-13(5)2-14(6,3-15(7,8)9)4-16(10,11)12-13/h2-4H2,1H3,(H,10,11)(H2,7,8,9). The van der Waals surface area contributed by atoms with E-state index in [0.717, 1.165) is 6.66 Å². The van der Waals surface area contributed by atoms with Gasteiger partial charge in [0.15, 0.2) is 0 Å². The summed E-state index contributed by atoms with van der Waals surface area (Å²) >= 11 is 0. The Morgan fingerprint density at radius 2 is 1.75 bits per heavy atom. The van der Waals surface area contributed by atoms with E-state index in [-0.39, 0.29) is 0 Å². The van der Waals surface area contributed by atoms with Crippen molar-refractivity contribution in [1.29, 1.82) is 0 Å². The van der Waals surface area contributed by atoms with Crippen LogP contribution in [0, 0.1) is 0 Å². The third kappa shape index (κ3) is 4.56. The van der Waals surface area contributed by atoms with Gasteiger partial charge in [-0.05, 0) is 0 Å². The smallest absolute Gasteiger partial charge is 0.324 e. The molecule has 0 amide bonds. The molecule has 12 heteroatoms. The van der Waals surface area contributed by atoms with Crippen molar-refractivity contribution in [1.82, 2.24) is 0 Å². The van der Waals surface area contributed by atoms with E-state index in [1.54, 1.807) is 0 Å². The van der Waals surface area contributed by atoms with Crippen molar-refractivity contribution >= 4 is 29.7 Å². The fourth-order valence-corrected chi connectivity index (χ4v) is 17.6. The lowest BCUT2D eigenvalue weighted by molar-refractivity contribution is 0.377. The van der Waals surface area contributed by atoms with E-state index in [2.05, 4.69) is 4.31 Å². The number of hydrogen-bond donors (Lipinski definition) is 3. The topological polar surface area (TPSA) is 138 Å². The van der Waals surface area contributed by atoms with E-state index in [4.69, 9.17) is 9.79 Å². The highest BCUT2D eigenvalue weighted by molar-refractivity contribution is 7.93. The molecule has 96 valence electrons. The molecule has 0 radical (unpaired) electrons. The van der Waals surface area contributed by atoms with Crippen LogP contribution in [0.4, 0.5) is 0 Å². The molecule has 8 nitrogen and oxygen atoms in total. The van der Waals surface area contributed by atoms with Gasteiger partial charge in [-0.25, -0.2) is 0 Å². The number of rotatable bonds is 2. The highest BCUT2D eigenvalue weighted by Gasteiger charge is 2.49. The van der Waals surface area contributed by atoms with Crippen molar-refractivity contribution in [2.75, 3.05) is 24.4 Å². The molecule has 1 fully saturated rings.